The molecular weight excluding hydrogens is 471 g/mol. The highest BCUT2D eigenvalue weighted by atomic mass is 32.1. The van der Waals surface area contributed by atoms with Gasteiger partial charge in [-0.3, -0.25) is 4.90 Å². The van der Waals surface area contributed by atoms with Crippen LogP contribution in [0.3, 0.4) is 0 Å². The van der Waals surface area contributed by atoms with Crippen molar-refractivity contribution in [3.05, 3.63) is 41.4 Å². The van der Waals surface area contributed by atoms with E-state index in [1.54, 1.807) is 41.5 Å². The summed E-state index contributed by atoms with van der Waals surface area (Å²) in [5.41, 5.74) is -3.44. The van der Waals surface area contributed by atoms with Gasteiger partial charge in [0, 0.05) is 5.56 Å². The summed E-state index contributed by atoms with van der Waals surface area (Å²) >= 11 is 1.09. The fraction of sp³-hybridized carbons (Fsp3) is 0.522. The van der Waals surface area contributed by atoms with E-state index in [-0.39, 0.29) is 29.5 Å². The number of benzene rings is 1. The Bertz CT molecular complexity index is 1080. The molecule has 1 atom stereocenters. The van der Waals surface area contributed by atoms with Crippen molar-refractivity contribution in [1.29, 1.82) is 0 Å². The molecule has 1 amide bonds. The van der Waals surface area contributed by atoms with Gasteiger partial charge in [-0.2, -0.15) is 13.2 Å². The van der Waals surface area contributed by atoms with Crippen LogP contribution < -0.4 is 4.74 Å². The minimum Gasteiger partial charge on any atom is -0.489 e. The molecule has 1 aliphatic heterocycles. The van der Waals surface area contributed by atoms with Crippen LogP contribution in [0.4, 0.5) is 18.0 Å². The van der Waals surface area contributed by atoms with E-state index < -0.39 is 34.7 Å². The fourth-order valence-electron chi connectivity index (χ4n) is 3.64. The largest absolute Gasteiger partial charge is 0.489 e. The van der Waals surface area contributed by atoms with Crippen molar-refractivity contribution in [1.82, 2.24) is 15.1 Å². The summed E-state index contributed by atoms with van der Waals surface area (Å²) in [5, 5.41) is 9.02. The van der Waals surface area contributed by atoms with Crippen LogP contribution in [-0.2, 0) is 21.2 Å². The van der Waals surface area contributed by atoms with Crippen molar-refractivity contribution < 1.29 is 32.2 Å². The summed E-state index contributed by atoms with van der Waals surface area (Å²) in [6.07, 6.45) is -3.84. The van der Waals surface area contributed by atoms with Gasteiger partial charge in [-0.1, -0.05) is 24.0 Å². The van der Waals surface area contributed by atoms with Crippen molar-refractivity contribution >= 4 is 17.4 Å². The average Bonchev–Trinajstić information content (AvgIpc) is 3.28. The zero-order chi connectivity index (χ0) is 25.5. The molecule has 2 heterocycles. The lowest BCUT2D eigenvalue weighted by Gasteiger charge is -2.39. The number of alkyl halides is 3. The molecule has 1 saturated heterocycles. The molecule has 186 valence electrons. The molecule has 1 fully saturated rings. The standard InChI is InChI=1S/C23H28F3N3O4S/c1-8-11-31-16-10-9-14(12-15(16)23(24,25)26)17-27-28-18(34-17)22(7)13-32-21(5,6)29(22)19(30)33-20(2,3)4/h8-10,12H,1,11,13H2,2-7H3/t22-/m0/s1. The second-order valence-corrected chi connectivity index (χ2v) is 10.5. The lowest BCUT2D eigenvalue weighted by atomic mass is 10.0. The number of rotatable bonds is 5. The number of halogens is 3. The van der Waals surface area contributed by atoms with Gasteiger partial charge < -0.3 is 14.2 Å². The lowest BCUT2D eigenvalue weighted by molar-refractivity contribution is -0.138. The summed E-state index contributed by atoms with van der Waals surface area (Å²) in [6, 6.07) is 3.71. The first-order valence-corrected chi connectivity index (χ1v) is 11.4. The van der Waals surface area contributed by atoms with Crippen molar-refractivity contribution in [2.24, 2.45) is 0 Å². The minimum absolute atomic E-state index is 0.0555. The molecule has 0 saturated carbocycles. The van der Waals surface area contributed by atoms with Gasteiger partial charge >= 0.3 is 12.3 Å². The van der Waals surface area contributed by atoms with Gasteiger partial charge in [-0.15, -0.1) is 10.2 Å². The Balaban J connectivity index is 1.99. The van der Waals surface area contributed by atoms with E-state index in [0.717, 1.165) is 17.4 Å². The van der Waals surface area contributed by atoms with Gasteiger partial charge in [0.1, 0.15) is 39.2 Å². The molecular formula is C23H28F3N3O4S. The molecule has 3 rings (SSSR count). The van der Waals surface area contributed by atoms with Gasteiger partial charge in [0.15, 0.2) is 0 Å². The van der Waals surface area contributed by atoms with Gasteiger partial charge in [0.05, 0.1) is 12.2 Å². The van der Waals surface area contributed by atoms with Crippen molar-refractivity contribution in [2.45, 2.75) is 64.6 Å². The van der Waals surface area contributed by atoms with Crippen molar-refractivity contribution in [3.63, 3.8) is 0 Å². The number of amides is 1. The Labute approximate surface area is 200 Å². The number of aromatic nitrogens is 2. The molecule has 0 spiro atoms. The predicted molar refractivity (Wildman–Crippen MR) is 121 cm³/mol. The zero-order valence-corrected chi connectivity index (χ0v) is 20.8. The summed E-state index contributed by atoms with van der Waals surface area (Å²) in [5.74, 6) is -0.296. The topological polar surface area (TPSA) is 73.8 Å². The van der Waals surface area contributed by atoms with E-state index in [4.69, 9.17) is 14.2 Å². The van der Waals surface area contributed by atoms with E-state index in [2.05, 4.69) is 16.8 Å². The number of ether oxygens (including phenoxy) is 3. The minimum atomic E-state index is -4.62. The molecule has 7 nitrogen and oxygen atoms in total. The van der Waals surface area contributed by atoms with Gasteiger partial charge in [0.25, 0.3) is 0 Å². The highest BCUT2D eigenvalue weighted by Gasteiger charge is 2.55. The Morgan fingerprint density at radius 1 is 1.26 bits per heavy atom. The molecule has 0 unspecified atom stereocenters. The Hall–Kier alpha value is -2.66. The van der Waals surface area contributed by atoms with Crippen molar-refractivity contribution in [3.8, 4) is 16.3 Å². The van der Waals surface area contributed by atoms with Crippen LogP contribution in [0, 0.1) is 0 Å². The van der Waals surface area contributed by atoms with E-state index >= 15 is 0 Å². The third kappa shape index (κ3) is 5.20. The molecule has 11 heteroatoms. The second kappa shape index (κ2) is 8.84. The summed E-state index contributed by atoms with van der Waals surface area (Å²) in [7, 11) is 0. The molecule has 2 aromatic rings. The maximum atomic E-state index is 13.6. The second-order valence-electron chi connectivity index (χ2n) is 9.55. The van der Waals surface area contributed by atoms with Crippen LogP contribution in [0.2, 0.25) is 0 Å². The van der Waals surface area contributed by atoms with E-state index in [1.807, 2.05) is 0 Å². The van der Waals surface area contributed by atoms with Crippen LogP contribution in [0.15, 0.2) is 30.9 Å². The molecule has 0 N–H and O–H groups in total. The molecule has 0 radical (unpaired) electrons. The number of carbonyl (C=O) groups excluding carboxylic acids is 1. The first kappa shape index (κ1) is 26.0. The van der Waals surface area contributed by atoms with Gasteiger partial charge in [0.2, 0.25) is 0 Å². The Morgan fingerprint density at radius 2 is 1.94 bits per heavy atom. The maximum absolute atomic E-state index is 13.6. The van der Waals surface area contributed by atoms with Gasteiger partial charge in [-0.25, -0.2) is 4.79 Å². The normalized spacial score (nSPS) is 20.3. The highest BCUT2D eigenvalue weighted by molar-refractivity contribution is 7.14. The van der Waals surface area contributed by atoms with Gasteiger partial charge in [-0.05, 0) is 59.7 Å². The molecule has 1 aromatic carbocycles. The van der Waals surface area contributed by atoms with E-state index in [1.165, 1.54) is 23.1 Å². The predicted octanol–water partition coefficient (Wildman–Crippen LogP) is 6.01. The zero-order valence-electron chi connectivity index (χ0n) is 19.9. The third-order valence-corrected chi connectivity index (χ3v) is 6.31. The van der Waals surface area contributed by atoms with Crippen molar-refractivity contribution in [2.75, 3.05) is 13.2 Å². The smallest absolute Gasteiger partial charge is 0.419 e. The van der Waals surface area contributed by atoms with Crippen LogP contribution in [-0.4, -0.2) is 45.7 Å². The first-order valence-electron chi connectivity index (χ1n) is 10.5. The van der Waals surface area contributed by atoms with Crippen LogP contribution >= 0.6 is 11.3 Å². The molecule has 0 aliphatic carbocycles. The third-order valence-electron chi connectivity index (χ3n) is 5.09. The SMILES string of the molecule is C=CCOc1ccc(-c2nnc([C@]3(C)COC(C)(C)N3C(=O)OC(C)(C)C)s2)cc1C(F)(F)F. The van der Waals surface area contributed by atoms with Crippen LogP contribution in [0.25, 0.3) is 10.6 Å². The summed E-state index contributed by atoms with van der Waals surface area (Å²) in [4.78, 5) is 14.5. The van der Waals surface area contributed by atoms with E-state index in [0.29, 0.717) is 5.01 Å². The quantitative estimate of drug-likeness (QED) is 0.470. The molecule has 34 heavy (non-hydrogen) atoms. The average molecular weight is 500 g/mol. The summed E-state index contributed by atoms with van der Waals surface area (Å²) in [6.45, 7) is 14.0. The molecule has 1 aliphatic rings. The number of hydrogen-bond acceptors (Lipinski definition) is 7. The highest BCUT2D eigenvalue weighted by Crippen LogP contribution is 2.45. The Morgan fingerprint density at radius 3 is 2.53 bits per heavy atom. The summed E-state index contributed by atoms with van der Waals surface area (Å²) < 4.78 is 57.5. The monoisotopic (exact) mass is 499 g/mol. The fourth-order valence-corrected chi connectivity index (χ4v) is 4.60. The number of hydrogen-bond donors (Lipinski definition) is 0. The first-order chi connectivity index (χ1) is 15.6. The molecule has 0 bridgehead atoms. The Kier molecular flexibility index (Phi) is 6.75. The lowest BCUT2D eigenvalue weighted by Crippen LogP contribution is -2.54. The van der Waals surface area contributed by atoms with Crippen LogP contribution in [0.5, 0.6) is 5.75 Å². The van der Waals surface area contributed by atoms with E-state index in [9.17, 15) is 18.0 Å². The number of nitrogens with zero attached hydrogens (tertiary/aromatic N) is 3. The maximum Gasteiger partial charge on any atom is 0.419 e. The number of carbonyl (C=O) groups is 1. The van der Waals surface area contributed by atoms with Crippen LogP contribution in [0.1, 0.15) is 52.1 Å². The molecule has 1 aromatic heterocycles.